The third-order valence-electron chi connectivity index (χ3n) is 7.38. The molecule has 2 aromatic rings. The van der Waals surface area contributed by atoms with Gasteiger partial charge in [-0.1, -0.05) is 12.8 Å². The van der Waals surface area contributed by atoms with Crippen LogP contribution in [-0.4, -0.2) is 36.2 Å². The molecule has 4 rings (SSSR count). The maximum atomic E-state index is 14.0. The molecule has 1 saturated heterocycles. The van der Waals surface area contributed by atoms with Crippen LogP contribution in [0.2, 0.25) is 0 Å². The first kappa shape index (κ1) is 23.7. The number of likely N-dealkylation sites (tertiary alicyclic amines) is 1. The zero-order chi connectivity index (χ0) is 23.3. The van der Waals surface area contributed by atoms with E-state index in [0.29, 0.717) is 17.7 Å². The highest BCUT2D eigenvalue weighted by molar-refractivity contribution is 5.34. The van der Waals surface area contributed by atoms with Gasteiger partial charge in [-0.15, -0.1) is 0 Å². The van der Waals surface area contributed by atoms with Crippen LogP contribution in [0.3, 0.4) is 0 Å². The summed E-state index contributed by atoms with van der Waals surface area (Å²) in [6, 6.07) is 12.7. The Balaban J connectivity index is 1.32. The molecule has 1 atom stereocenters. The van der Waals surface area contributed by atoms with Crippen LogP contribution in [-0.2, 0) is 5.60 Å². The minimum Gasteiger partial charge on any atom is -0.494 e. The van der Waals surface area contributed by atoms with Gasteiger partial charge in [-0.3, -0.25) is 0 Å². The number of piperidine rings is 1. The van der Waals surface area contributed by atoms with Gasteiger partial charge in [0.05, 0.1) is 23.8 Å². The molecule has 1 saturated carbocycles. The number of ether oxygens (including phenoxy) is 1. The third kappa shape index (κ3) is 5.54. The predicted octanol–water partition coefficient (Wildman–Crippen LogP) is 5.40. The van der Waals surface area contributed by atoms with E-state index < -0.39 is 17.2 Å². The second-order valence-corrected chi connectivity index (χ2v) is 9.42. The van der Waals surface area contributed by atoms with Crippen molar-refractivity contribution in [2.45, 2.75) is 50.5 Å². The maximum Gasteiger partial charge on any atom is 0.126 e. The van der Waals surface area contributed by atoms with Crippen molar-refractivity contribution in [1.29, 1.82) is 5.26 Å². The summed E-state index contributed by atoms with van der Waals surface area (Å²) in [6.45, 7) is 3.21. The van der Waals surface area contributed by atoms with E-state index >= 15 is 0 Å². The summed E-state index contributed by atoms with van der Waals surface area (Å²) in [5.74, 6) is -0.442. The average molecular weight is 455 g/mol. The van der Waals surface area contributed by atoms with Crippen LogP contribution >= 0.6 is 0 Å². The number of halogens is 2. The Morgan fingerprint density at radius 3 is 2.18 bits per heavy atom. The number of nitrogens with zero attached hydrogens (tertiary/aromatic N) is 2. The summed E-state index contributed by atoms with van der Waals surface area (Å²) in [7, 11) is 0. The molecule has 2 aromatic carbocycles. The Morgan fingerprint density at radius 1 is 0.970 bits per heavy atom. The first-order chi connectivity index (χ1) is 16.0. The summed E-state index contributed by atoms with van der Waals surface area (Å²) in [5.41, 5.74) is -0.158. The minimum atomic E-state index is -1.18. The number of aliphatic hydroxyl groups is 1. The van der Waals surface area contributed by atoms with E-state index in [4.69, 9.17) is 10.00 Å². The zero-order valence-corrected chi connectivity index (χ0v) is 19.0. The summed E-state index contributed by atoms with van der Waals surface area (Å²) < 4.78 is 33.8. The minimum absolute atomic E-state index is 0.00653. The second kappa shape index (κ2) is 10.6. The van der Waals surface area contributed by atoms with Crippen LogP contribution in [0.5, 0.6) is 5.75 Å². The Bertz CT molecular complexity index is 941. The summed E-state index contributed by atoms with van der Waals surface area (Å²) in [5, 5.41) is 20.8. The lowest BCUT2D eigenvalue weighted by molar-refractivity contribution is -0.0937. The zero-order valence-electron chi connectivity index (χ0n) is 19.0. The van der Waals surface area contributed by atoms with Crippen LogP contribution in [0.1, 0.15) is 56.1 Å². The van der Waals surface area contributed by atoms with E-state index in [9.17, 15) is 13.9 Å². The molecule has 1 N–H and O–H groups in total. The van der Waals surface area contributed by atoms with Gasteiger partial charge >= 0.3 is 0 Å². The van der Waals surface area contributed by atoms with Gasteiger partial charge in [0.25, 0.3) is 0 Å². The van der Waals surface area contributed by atoms with Gasteiger partial charge in [-0.25, -0.2) is 8.78 Å². The highest BCUT2D eigenvalue weighted by atomic mass is 19.1. The molecule has 33 heavy (non-hydrogen) atoms. The number of benzene rings is 2. The maximum absolute atomic E-state index is 14.0. The molecule has 2 fully saturated rings. The van der Waals surface area contributed by atoms with Gasteiger partial charge < -0.3 is 14.7 Å². The van der Waals surface area contributed by atoms with E-state index in [1.54, 1.807) is 12.1 Å². The lowest BCUT2D eigenvalue weighted by Crippen LogP contribution is -2.47. The molecule has 6 heteroatoms. The normalized spacial score (nSPS) is 19.8. The SMILES string of the molecule is N#Cc1ccc(OCCCN2CCC([C@](O)(c3cc(F)cc(F)c3)C3CCCC3)CC2)cc1. The second-order valence-electron chi connectivity index (χ2n) is 9.42. The molecular weight excluding hydrogens is 422 g/mol. The fraction of sp³-hybridized carbons (Fsp3) is 0.519. The molecule has 0 unspecified atom stereocenters. The summed E-state index contributed by atoms with van der Waals surface area (Å²) in [4.78, 5) is 2.37. The molecule has 1 heterocycles. The van der Waals surface area contributed by atoms with Crippen LogP contribution < -0.4 is 4.74 Å². The van der Waals surface area contributed by atoms with Crippen LogP contribution in [0, 0.1) is 34.8 Å². The molecule has 0 radical (unpaired) electrons. The average Bonchev–Trinajstić information content (AvgIpc) is 3.37. The van der Waals surface area contributed by atoms with E-state index in [-0.39, 0.29) is 11.8 Å². The molecule has 1 aliphatic carbocycles. The van der Waals surface area contributed by atoms with Gasteiger partial charge in [0.2, 0.25) is 0 Å². The molecular formula is C27H32F2N2O2. The van der Waals surface area contributed by atoms with E-state index in [1.807, 2.05) is 12.1 Å². The quantitative estimate of drug-likeness (QED) is 0.543. The Kier molecular flexibility index (Phi) is 7.62. The van der Waals surface area contributed by atoms with Crippen LogP contribution in [0.15, 0.2) is 42.5 Å². The van der Waals surface area contributed by atoms with Crippen molar-refractivity contribution in [3.8, 4) is 11.8 Å². The van der Waals surface area contributed by atoms with Crippen LogP contribution in [0.4, 0.5) is 8.78 Å². The van der Waals surface area contributed by atoms with Gasteiger partial charge in [-0.05, 0) is 99.0 Å². The lowest BCUT2D eigenvalue weighted by atomic mass is 9.68. The highest BCUT2D eigenvalue weighted by Gasteiger charge is 2.47. The number of hydrogen-bond acceptors (Lipinski definition) is 4. The molecule has 4 nitrogen and oxygen atoms in total. The van der Waals surface area contributed by atoms with E-state index in [0.717, 1.165) is 76.4 Å². The van der Waals surface area contributed by atoms with Crippen molar-refractivity contribution >= 4 is 0 Å². The standard InChI is InChI=1S/C27H32F2N2O2/c28-24-16-23(17-25(29)18-24)27(32,21-4-1-2-5-21)22-10-13-31(14-11-22)12-3-15-33-26-8-6-20(19-30)7-9-26/h6-9,16-18,21-22,32H,1-5,10-15H2/t27-/m0/s1. The van der Waals surface area contributed by atoms with E-state index in [1.165, 1.54) is 12.1 Å². The first-order valence-electron chi connectivity index (χ1n) is 12.0. The highest BCUT2D eigenvalue weighted by Crippen LogP contribution is 2.48. The summed E-state index contributed by atoms with van der Waals surface area (Å²) >= 11 is 0. The number of nitriles is 1. The molecule has 1 aliphatic heterocycles. The van der Waals surface area contributed by atoms with Crippen molar-refractivity contribution in [3.05, 3.63) is 65.2 Å². The Hall–Kier alpha value is -2.49. The van der Waals surface area contributed by atoms with Crippen molar-refractivity contribution in [2.75, 3.05) is 26.2 Å². The molecule has 176 valence electrons. The fourth-order valence-corrected chi connectivity index (χ4v) is 5.66. The molecule has 0 spiro atoms. The Labute approximate surface area is 194 Å². The van der Waals surface area contributed by atoms with Crippen LogP contribution in [0.25, 0.3) is 0 Å². The van der Waals surface area contributed by atoms with Crippen molar-refractivity contribution in [3.63, 3.8) is 0 Å². The van der Waals surface area contributed by atoms with E-state index in [2.05, 4.69) is 11.0 Å². The predicted molar refractivity (Wildman–Crippen MR) is 123 cm³/mol. The van der Waals surface area contributed by atoms with Crippen molar-refractivity contribution < 1.29 is 18.6 Å². The topological polar surface area (TPSA) is 56.5 Å². The monoisotopic (exact) mass is 454 g/mol. The molecule has 2 aliphatic rings. The van der Waals surface area contributed by atoms with Crippen molar-refractivity contribution in [1.82, 2.24) is 4.90 Å². The largest absolute Gasteiger partial charge is 0.494 e. The molecule has 0 amide bonds. The lowest BCUT2D eigenvalue weighted by Gasteiger charge is -2.45. The van der Waals surface area contributed by atoms with Gasteiger partial charge in [0, 0.05) is 12.6 Å². The number of rotatable bonds is 8. The Morgan fingerprint density at radius 2 is 1.58 bits per heavy atom. The first-order valence-corrected chi connectivity index (χ1v) is 12.0. The fourth-order valence-electron chi connectivity index (χ4n) is 5.66. The van der Waals surface area contributed by atoms with Crippen molar-refractivity contribution in [2.24, 2.45) is 11.8 Å². The van der Waals surface area contributed by atoms with Gasteiger partial charge in [0.15, 0.2) is 0 Å². The molecule has 0 aromatic heterocycles. The smallest absolute Gasteiger partial charge is 0.126 e. The van der Waals surface area contributed by atoms with Gasteiger partial charge in [-0.2, -0.15) is 5.26 Å². The molecule has 0 bridgehead atoms. The number of hydrogen-bond donors (Lipinski definition) is 1. The third-order valence-corrected chi connectivity index (χ3v) is 7.38. The summed E-state index contributed by atoms with van der Waals surface area (Å²) in [6.07, 6.45) is 6.42. The van der Waals surface area contributed by atoms with Gasteiger partial charge in [0.1, 0.15) is 17.4 Å².